The van der Waals surface area contributed by atoms with Crippen molar-refractivity contribution in [3.63, 3.8) is 0 Å². The Kier molecular flexibility index (Phi) is 4.46. The lowest BCUT2D eigenvalue weighted by atomic mass is 10.1. The van der Waals surface area contributed by atoms with Gasteiger partial charge in [0.25, 0.3) is 0 Å². The Morgan fingerprint density at radius 1 is 1.64 bits per heavy atom. The average Bonchev–Trinajstić information content (AvgIpc) is 2.58. The second-order valence-electron chi connectivity index (χ2n) is 3.75. The summed E-state index contributed by atoms with van der Waals surface area (Å²) in [6, 6.07) is 1.98. The van der Waals surface area contributed by atoms with Crippen LogP contribution in [0.5, 0.6) is 0 Å². The van der Waals surface area contributed by atoms with E-state index in [1.165, 1.54) is 6.42 Å². The first kappa shape index (κ1) is 11.0. The minimum atomic E-state index is 0.628. The molecule has 0 aliphatic heterocycles. The summed E-state index contributed by atoms with van der Waals surface area (Å²) in [5.41, 5.74) is 5.54. The summed E-state index contributed by atoms with van der Waals surface area (Å²) in [6.07, 6.45) is 4.13. The molecule has 3 N–H and O–H groups in total. The molecule has 0 fully saturated rings. The molecule has 0 spiro atoms. The minimum absolute atomic E-state index is 0.628. The third kappa shape index (κ3) is 3.38. The molecule has 1 atom stereocenters. The van der Waals surface area contributed by atoms with Gasteiger partial charge in [-0.2, -0.15) is 5.10 Å². The molecule has 4 heteroatoms. The highest BCUT2D eigenvalue weighted by Crippen LogP contribution is 2.06. The zero-order valence-electron chi connectivity index (χ0n) is 9.03. The first-order valence-corrected chi connectivity index (χ1v) is 5.16. The lowest BCUT2D eigenvalue weighted by Crippen LogP contribution is -2.13. The summed E-state index contributed by atoms with van der Waals surface area (Å²) in [7, 11) is 1.94. The van der Waals surface area contributed by atoms with E-state index in [2.05, 4.69) is 17.3 Å². The summed E-state index contributed by atoms with van der Waals surface area (Å²) >= 11 is 0. The Balaban J connectivity index is 2.13. The van der Waals surface area contributed by atoms with Crippen LogP contribution in [-0.4, -0.2) is 22.9 Å². The SMILES string of the molecule is CC(CN)CCCNc1ccnn1C. The predicted molar refractivity (Wildman–Crippen MR) is 59.2 cm³/mol. The molecule has 1 aromatic rings. The van der Waals surface area contributed by atoms with Crippen LogP contribution in [0.15, 0.2) is 12.3 Å². The monoisotopic (exact) mass is 196 g/mol. The third-order valence-corrected chi connectivity index (χ3v) is 2.40. The van der Waals surface area contributed by atoms with Crippen molar-refractivity contribution in [2.75, 3.05) is 18.4 Å². The Labute approximate surface area is 85.5 Å². The maximum Gasteiger partial charge on any atom is 0.123 e. The van der Waals surface area contributed by atoms with Crippen LogP contribution in [0.1, 0.15) is 19.8 Å². The van der Waals surface area contributed by atoms with Crippen molar-refractivity contribution in [1.29, 1.82) is 0 Å². The molecule has 4 nitrogen and oxygen atoms in total. The van der Waals surface area contributed by atoms with Crippen LogP contribution in [0.3, 0.4) is 0 Å². The Morgan fingerprint density at radius 2 is 2.43 bits per heavy atom. The molecule has 14 heavy (non-hydrogen) atoms. The van der Waals surface area contributed by atoms with Gasteiger partial charge in [0, 0.05) is 19.7 Å². The predicted octanol–water partition coefficient (Wildman–Crippen LogP) is 1.21. The van der Waals surface area contributed by atoms with Gasteiger partial charge >= 0.3 is 0 Å². The molecule has 0 bridgehead atoms. The highest BCUT2D eigenvalue weighted by molar-refractivity contribution is 5.32. The van der Waals surface area contributed by atoms with Crippen molar-refractivity contribution < 1.29 is 0 Å². The van der Waals surface area contributed by atoms with Crippen LogP contribution in [0.2, 0.25) is 0 Å². The van der Waals surface area contributed by atoms with Crippen LogP contribution >= 0.6 is 0 Å². The maximum absolute atomic E-state index is 5.54. The first-order chi connectivity index (χ1) is 6.74. The van der Waals surface area contributed by atoms with E-state index in [1.807, 2.05) is 17.8 Å². The van der Waals surface area contributed by atoms with Crippen molar-refractivity contribution in [2.45, 2.75) is 19.8 Å². The summed E-state index contributed by atoms with van der Waals surface area (Å²) in [5, 5.41) is 7.41. The largest absolute Gasteiger partial charge is 0.370 e. The standard InChI is InChI=1S/C10H20N4/c1-9(8-11)4-3-6-12-10-5-7-13-14(10)2/h5,7,9,12H,3-4,6,8,11H2,1-2H3. The van der Waals surface area contributed by atoms with E-state index < -0.39 is 0 Å². The number of nitrogens with two attached hydrogens (primary N) is 1. The zero-order valence-corrected chi connectivity index (χ0v) is 9.03. The van der Waals surface area contributed by atoms with E-state index in [0.29, 0.717) is 5.92 Å². The van der Waals surface area contributed by atoms with E-state index in [4.69, 9.17) is 5.73 Å². The van der Waals surface area contributed by atoms with Crippen molar-refractivity contribution in [3.05, 3.63) is 12.3 Å². The molecule has 0 saturated heterocycles. The zero-order chi connectivity index (χ0) is 10.4. The third-order valence-electron chi connectivity index (χ3n) is 2.40. The fourth-order valence-electron chi connectivity index (χ4n) is 1.33. The average molecular weight is 196 g/mol. The van der Waals surface area contributed by atoms with Crippen molar-refractivity contribution in [3.8, 4) is 0 Å². The van der Waals surface area contributed by atoms with E-state index in [9.17, 15) is 0 Å². The number of hydrogen-bond acceptors (Lipinski definition) is 3. The van der Waals surface area contributed by atoms with E-state index in [-0.39, 0.29) is 0 Å². The van der Waals surface area contributed by atoms with Gasteiger partial charge in [0.15, 0.2) is 0 Å². The van der Waals surface area contributed by atoms with Crippen molar-refractivity contribution in [1.82, 2.24) is 9.78 Å². The Hall–Kier alpha value is -1.03. The van der Waals surface area contributed by atoms with Gasteiger partial charge in [-0.25, -0.2) is 0 Å². The van der Waals surface area contributed by atoms with Crippen LogP contribution in [-0.2, 0) is 7.05 Å². The molecule has 1 unspecified atom stereocenters. The number of aromatic nitrogens is 2. The Morgan fingerprint density at radius 3 is 3.00 bits per heavy atom. The molecule has 0 saturated carbocycles. The number of anilines is 1. The number of hydrogen-bond donors (Lipinski definition) is 2. The topological polar surface area (TPSA) is 55.9 Å². The molecular weight excluding hydrogens is 176 g/mol. The lowest BCUT2D eigenvalue weighted by molar-refractivity contribution is 0.529. The lowest BCUT2D eigenvalue weighted by Gasteiger charge is -2.09. The first-order valence-electron chi connectivity index (χ1n) is 5.16. The van der Waals surface area contributed by atoms with Gasteiger partial charge in [0.1, 0.15) is 5.82 Å². The number of nitrogens with zero attached hydrogens (tertiary/aromatic N) is 2. The van der Waals surface area contributed by atoms with Crippen molar-refractivity contribution in [2.24, 2.45) is 18.7 Å². The van der Waals surface area contributed by atoms with Gasteiger partial charge in [0.2, 0.25) is 0 Å². The molecule has 1 rings (SSSR count). The molecule has 1 aromatic heterocycles. The molecule has 80 valence electrons. The molecular formula is C10H20N4. The van der Waals surface area contributed by atoms with Gasteiger partial charge in [-0.3, -0.25) is 4.68 Å². The van der Waals surface area contributed by atoms with Crippen LogP contribution < -0.4 is 11.1 Å². The maximum atomic E-state index is 5.54. The van der Waals surface area contributed by atoms with Crippen LogP contribution in [0, 0.1) is 5.92 Å². The molecule has 0 aliphatic carbocycles. The molecule has 1 heterocycles. The number of rotatable bonds is 6. The van der Waals surface area contributed by atoms with Crippen LogP contribution in [0.25, 0.3) is 0 Å². The fraction of sp³-hybridized carbons (Fsp3) is 0.700. The van der Waals surface area contributed by atoms with Gasteiger partial charge in [-0.1, -0.05) is 6.92 Å². The van der Waals surface area contributed by atoms with Gasteiger partial charge in [0.05, 0.1) is 6.20 Å². The summed E-state index contributed by atoms with van der Waals surface area (Å²) in [4.78, 5) is 0. The number of nitrogens with one attached hydrogen (secondary N) is 1. The van der Waals surface area contributed by atoms with Gasteiger partial charge in [-0.15, -0.1) is 0 Å². The van der Waals surface area contributed by atoms with Gasteiger partial charge in [-0.05, 0) is 25.3 Å². The Bertz CT molecular complexity index is 256. The van der Waals surface area contributed by atoms with E-state index >= 15 is 0 Å². The summed E-state index contributed by atoms with van der Waals surface area (Å²) in [5.74, 6) is 1.70. The highest BCUT2D eigenvalue weighted by atomic mass is 15.3. The molecule has 0 radical (unpaired) electrons. The molecule has 0 amide bonds. The second kappa shape index (κ2) is 5.65. The van der Waals surface area contributed by atoms with Gasteiger partial charge < -0.3 is 11.1 Å². The number of aryl methyl sites for hydroxylation is 1. The van der Waals surface area contributed by atoms with Crippen molar-refractivity contribution >= 4 is 5.82 Å². The summed E-state index contributed by atoms with van der Waals surface area (Å²) in [6.45, 7) is 3.96. The highest BCUT2D eigenvalue weighted by Gasteiger charge is 1.99. The minimum Gasteiger partial charge on any atom is -0.370 e. The molecule has 0 aliphatic rings. The fourth-order valence-corrected chi connectivity index (χ4v) is 1.33. The van der Waals surface area contributed by atoms with E-state index in [1.54, 1.807) is 6.20 Å². The smallest absolute Gasteiger partial charge is 0.123 e. The second-order valence-corrected chi connectivity index (χ2v) is 3.75. The van der Waals surface area contributed by atoms with E-state index in [0.717, 1.165) is 25.3 Å². The quantitative estimate of drug-likeness (QED) is 0.672. The molecule has 0 aromatic carbocycles. The van der Waals surface area contributed by atoms with Crippen LogP contribution in [0.4, 0.5) is 5.82 Å². The summed E-state index contributed by atoms with van der Waals surface area (Å²) < 4.78 is 1.84. The normalized spacial score (nSPS) is 12.8.